The molecule has 0 aliphatic carbocycles. The largest absolute Gasteiger partial charge is 0.385 e. The van der Waals surface area contributed by atoms with Gasteiger partial charge in [0.15, 0.2) is 0 Å². The number of hydrogen-bond acceptors (Lipinski definition) is 7. The predicted molar refractivity (Wildman–Crippen MR) is 135 cm³/mol. The van der Waals surface area contributed by atoms with Crippen molar-refractivity contribution in [1.82, 2.24) is 30.4 Å². The van der Waals surface area contributed by atoms with Crippen molar-refractivity contribution in [3.8, 4) is 0 Å². The molecule has 5 N–H and O–H groups in total. The number of rotatable bonds is 12. The zero-order valence-electron chi connectivity index (χ0n) is 21.4. The van der Waals surface area contributed by atoms with E-state index in [0.717, 1.165) is 19.3 Å². The normalized spacial score (nSPS) is 15.2. The van der Waals surface area contributed by atoms with Crippen LogP contribution in [0.15, 0.2) is 17.1 Å². The molecule has 4 amide bonds. The van der Waals surface area contributed by atoms with Crippen LogP contribution >= 0.6 is 0 Å². The molecular formula is C24H39N7O5. The lowest BCUT2D eigenvalue weighted by molar-refractivity contribution is -0.140. The number of Topliss-reactive ketones (excluding diaryl/α,β-unsaturated/α-hetero) is 1. The number of ketones is 1. The molecule has 0 unspecified atom stereocenters. The van der Waals surface area contributed by atoms with Crippen molar-refractivity contribution in [1.29, 1.82) is 0 Å². The van der Waals surface area contributed by atoms with Gasteiger partial charge in [-0.25, -0.2) is 14.6 Å². The lowest BCUT2D eigenvalue weighted by Gasteiger charge is -2.30. The first kappa shape index (κ1) is 28.8. The maximum Gasteiger partial charge on any atom is 0.349 e. The van der Waals surface area contributed by atoms with Gasteiger partial charge in [0.25, 0.3) is 5.91 Å². The first-order valence-corrected chi connectivity index (χ1v) is 12.6. The summed E-state index contributed by atoms with van der Waals surface area (Å²) >= 11 is 0. The van der Waals surface area contributed by atoms with Crippen LogP contribution in [0.5, 0.6) is 0 Å². The van der Waals surface area contributed by atoms with Crippen molar-refractivity contribution in [2.45, 2.75) is 77.9 Å². The van der Waals surface area contributed by atoms with Gasteiger partial charge < -0.3 is 26.6 Å². The molecule has 12 heteroatoms. The number of amides is 4. The molecule has 1 aliphatic rings. The molecule has 2 rings (SSSR count). The molecule has 0 bridgehead atoms. The number of carbonyl (C=O) groups excluding carboxylic acids is 4. The molecule has 1 aromatic rings. The monoisotopic (exact) mass is 505 g/mol. The highest BCUT2D eigenvalue weighted by atomic mass is 16.2. The van der Waals surface area contributed by atoms with E-state index >= 15 is 0 Å². The molecule has 0 spiro atoms. The average Bonchev–Trinajstić information content (AvgIpc) is 2.85. The summed E-state index contributed by atoms with van der Waals surface area (Å²) in [5.41, 5.74) is 5.26. The lowest BCUT2D eigenvalue weighted by Crippen LogP contribution is -2.56. The number of carbonyl (C=O) groups is 4. The van der Waals surface area contributed by atoms with E-state index in [9.17, 15) is 24.0 Å². The molecule has 1 aromatic heterocycles. The summed E-state index contributed by atoms with van der Waals surface area (Å²) in [7, 11) is 0. The van der Waals surface area contributed by atoms with Gasteiger partial charge in [0.2, 0.25) is 11.7 Å². The minimum absolute atomic E-state index is 0.128. The Morgan fingerprint density at radius 2 is 1.78 bits per heavy atom. The number of likely N-dealkylation sites (tertiary alicyclic amines) is 1. The minimum atomic E-state index is -1.02. The van der Waals surface area contributed by atoms with Gasteiger partial charge in [0, 0.05) is 32.4 Å². The fraction of sp³-hybridized carbons (Fsp3) is 0.667. The van der Waals surface area contributed by atoms with Crippen LogP contribution in [-0.4, -0.2) is 69.8 Å². The van der Waals surface area contributed by atoms with Crippen LogP contribution in [0.4, 0.5) is 10.6 Å². The van der Waals surface area contributed by atoms with Crippen molar-refractivity contribution >= 4 is 29.4 Å². The molecule has 0 aromatic carbocycles. The van der Waals surface area contributed by atoms with E-state index < -0.39 is 35.4 Å². The van der Waals surface area contributed by atoms with Gasteiger partial charge in [-0.15, -0.1) is 0 Å². The first-order valence-electron chi connectivity index (χ1n) is 12.6. The average molecular weight is 506 g/mol. The van der Waals surface area contributed by atoms with E-state index in [4.69, 9.17) is 5.73 Å². The van der Waals surface area contributed by atoms with E-state index in [1.165, 1.54) is 16.8 Å². The van der Waals surface area contributed by atoms with Gasteiger partial charge in [0.05, 0.1) is 6.04 Å². The second-order valence-electron chi connectivity index (χ2n) is 9.43. The van der Waals surface area contributed by atoms with Gasteiger partial charge in [-0.05, 0) is 50.5 Å². The maximum absolute atomic E-state index is 13.0. The fourth-order valence-electron chi connectivity index (χ4n) is 4.02. The van der Waals surface area contributed by atoms with Crippen LogP contribution in [0.3, 0.4) is 0 Å². The summed E-state index contributed by atoms with van der Waals surface area (Å²) in [6.07, 6.45) is 5.24. The van der Waals surface area contributed by atoms with Crippen LogP contribution in [0.25, 0.3) is 0 Å². The van der Waals surface area contributed by atoms with E-state index in [1.54, 1.807) is 11.8 Å². The predicted octanol–water partition coefficient (Wildman–Crippen LogP) is 0.406. The number of hydrogen-bond donors (Lipinski definition) is 4. The Morgan fingerprint density at radius 3 is 2.39 bits per heavy atom. The van der Waals surface area contributed by atoms with Crippen LogP contribution in [-0.2, 0) is 20.9 Å². The van der Waals surface area contributed by atoms with Crippen LogP contribution in [0.1, 0.15) is 59.3 Å². The topological polar surface area (TPSA) is 169 Å². The summed E-state index contributed by atoms with van der Waals surface area (Å²) in [5.74, 6) is -1.70. The Bertz CT molecular complexity index is 972. The van der Waals surface area contributed by atoms with Crippen molar-refractivity contribution in [3.63, 3.8) is 0 Å². The Balaban J connectivity index is 1.90. The van der Waals surface area contributed by atoms with Crippen molar-refractivity contribution in [2.24, 2.45) is 5.92 Å². The third kappa shape index (κ3) is 8.65. The van der Waals surface area contributed by atoms with Crippen LogP contribution < -0.4 is 27.4 Å². The molecule has 200 valence electrons. The number of urea groups is 1. The second-order valence-corrected chi connectivity index (χ2v) is 9.43. The number of nitrogens with one attached hydrogen (secondary N) is 3. The van der Waals surface area contributed by atoms with Crippen LogP contribution in [0, 0.1) is 5.92 Å². The molecule has 36 heavy (non-hydrogen) atoms. The standard InChI is InChI=1S/C24H39N7O5/c1-4-17(20(32)22(34)26-10-8-14-31-19(25)9-11-27-23(31)35)28-21(33)18(15-16(2)3)29-24(36)30-12-6-5-7-13-30/h9,11,16-18H,4-8,10,12-15,25H2,1-3H3,(H,26,34)(H,28,33)(H,29,36)/t17-,18-/m0/s1. The lowest BCUT2D eigenvalue weighted by atomic mass is 10.0. The van der Waals surface area contributed by atoms with Crippen molar-refractivity contribution in [3.05, 3.63) is 22.7 Å². The first-order chi connectivity index (χ1) is 17.1. The number of aromatic nitrogens is 2. The van der Waals surface area contributed by atoms with Gasteiger partial charge >= 0.3 is 11.7 Å². The Kier molecular flexibility index (Phi) is 11.4. The third-order valence-corrected chi connectivity index (χ3v) is 6.05. The molecule has 2 heterocycles. The van der Waals surface area contributed by atoms with E-state index in [1.807, 2.05) is 13.8 Å². The molecule has 0 saturated carbocycles. The molecule has 1 aliphatic heterocycles. The number of piperidine rings is 1. The number of anilines is 1. The smallest absolute Gasteiger partial charge is 0.349 e. The van der Waals surface area contributed by atoms with E-state index in [2.05, 4.69) is 20.9 Å². The summed E-state index contributed by atoms with van der Waals surface area (Å²) in [5, 5.41) is 7.96. The summed E-state index contributed by atoms with van der Waals surface area (Å²) < 4.78 is 1.27. The molecular weight excluding hydrogens is 466 g/mol. The summed E-state index contributed by atoms with van der Waals surface area (Å²) in [4.78, 5) is 67.8. The fourth-order valence-corrected chi connectivity index (χ4v) is 4.02. The maximum atomic E-state index is 13.0. The molecule has 12 nitrogen and oxygen atoms in total. The van der Waals surface area contributed by atoms with E-state index in [0.29, 0.717) is 25.9 Å². The van der Waals surface area contributed by atoms with Crippen LogP contribution in [0.2, 0.25) is 0 Å². The molecule has 1 fully saturated rings. The number of nitrogens with zero attached hydrogens (tertiary/aromatic N) is 3. The van der Waals surface area contributed by atoms with E-state index in [-0.39, 0.29) is 37.3 Å². The highest BCUT2D eigenvalue weighted by Gasteiger charge is 2.30. The highest BCUT2D eigenvalue weighted by molar-refractivity contribution is 6.38. The van der Waals surface area contributed by atoms with Gasteiger partial charge in [-0.2, -0.15) is 0 Å². The second kappa shape index (κ2) is 14.2. The van der Waals surface area contributed by atoms with Gasteiger partial charge in [0.1, 0.15) is 11.9 Å². The summed E-state index contributed by atoms with van der Waals surface area (Å²) in [6, 6.07) is -0.622. The van der Waals surface area contributed by atoms with Crippen molar-refractivity contribution < 1.29 is 19.2 Å². The number of nitrogens with two attached hydrogens (primary N) is 1. The molecule has 2 atom stereocenters. The summed E-state index contributed by atoms with van der Waals surface area (Å²) in [6.45, 7) is 7.25. The van der Waals surface area contributed by atoms with Gasteiger partial charge in [-0.1, -0.05) is 20.8 Å². The van der Waals surface area contributed by atoms with Gasteiger partial charge in [-0.3, -0.25) is 19.0 Å². The molecule has 1 saturated heterocycles. The molecule has 0 radical (unpaired) electrons. The Labute approximate surface area is 211 Å². The minimum Gasteiger partial charge on any atom is -0.385 e. The number of nitrogen functional groups attached to an aromatic ring is 1. The zero-order valence-corrected chi connectivity index (χ0v) is 21.4. The quantitative estimate of drug-likeness (QED) is 0.235. The zero-order chi connectivity index (χ0) is 26.7. The van der Waals surface area contributed by atoms with Crippen molar-refractivity contribution in [2.75, 3.05) is 25.4 Å². The Morgan fingerprint density at radius 1 is 1.08 bits per heavy atom. The Hall–Kier alpha value is -3.44. The highest BCUT2D eigenvalue weighted by Crippen LogP contribution is 2.11. The third-order valence-electron chi connectivity index (χ3n) is 6.05. The SMILES string of the molecule is CC[C@H](NC(=O)[C@H](CC(C)C)NC(=O)N1CCCCC1)C(=O)C(=O)NCCCn1c(N)ccnc1=O.